The number of rotatable bonds is 5. The van der Waals surface area contributed by atoms with Gasteiger partial charge in [-0.3, -0.25) is 4.79 Å². The summed E-state index contributed by atoms with van der Waals surface area (Å²) in [6.07, 6.45) is -4.62. The van der Waals surface area contributed by atoms with Crippen LogP contribution in [-0.2, 0) is 6.18 Å². The number of benzene rings is 3. The molecule has 0 aliphatic carbocycles. The van der Waals surface area contributed by atoms with Crippen molar-refractivity contribution in [2.24, 2.45) is 5.10 Å². The minimum absolute atomic E-state index is 0.0787. The smallest absolute Gasteiger partial charge is 0.433 e. The number of hydrazone groups is 1. The minimum atomic E-state index is -4.79. The van der Waals surface area contributed by atoms with Crippen molar-refractivity contribution in [3.8, 4) is 17.0 Å². The highest BCUT2D eigenvalue weighted by molar-refractivity contribution is 6.05. The van der Waals surface area contributed by atoms with Crippen LogP contribution >= 0.6 is 0 Å². The zero-order chi connectivity index (χ0) is 30.5. The average molecular weight is 588 g/mol. The molecule has 0 fully saturated rings. The number of hydrogen-bond donors (Lipinski definition) is 1. The van der Waals surface area contributed by atoms with E-state index < -0.39 is 29.6 Å². The van der Waals surface area contributed by atoms with Crippen molar-refractivity contribution in [2.45, 2.75) is 38.4 Å². The second-order valence-corrected chi connectivity index (χ2v) is 10.6. The van der Waals surface area contributed by atoms with Crippen molar-refractivity contribution in [3.63, 3.8) is 0 Å². The van der Waals surface area contributed by atoms with Gasteiger partial charge in [0.05, 0.1) is 17.4 Å². The van der Waals surface area contributed by atoms with Gasteiger partial charge in [-0.15, -0.1) is 0 Å². The molecule has 0 saturated heterocycles. The van der Waals surface area contributed by atoms with Crippen LogP contribution in [0.15, 0.2) is 90.0 Å². The third kappa shape index (κ3) is 5.33. The van der Waals surface area contributed by atoms with Crippen molar-refractivity contribution in [1.82, 2.24) is 19.6 Å². The molecule has 1 amide bonds. The van der Waals surface area contributed by atoms with E-state index in [1.54, 1.807) is 30.3 Å². The Bertz CT molecular complexity index is 1860. The first-order valence-corrected chi connectivity index (χ1v) is 13.5. The molecule has 218 valence electrons. The van der Waals surface area contributed by atoms with Gasteiger partial charge in [-0.25, -0.2) is 18.9 Å². The number of halogens is 4. The molecule has 2 aromatic heterocycles. The molecule has 1 N–H and O–H groups in total. The first-order valence-electron chi connectivity index (χ1n) is 13.5. The monoisotopic (exact) mass is 587 g/mol. The number of aromatic hydroxyl groups is 1. The van der Waals surface area contributed by atoms with Gasteiger partial charge in [0, 0.05) is 23.6 Å². The summed E-state index contributed by atoms with van der Waals surface area (Å²) in [6, 6.07) is 20.4. The number of nitrogens with zero attached hydrogens (tertiary/aromatic N) is 5. The Labute approximate surface area is 243 Å². The summed E-state index contributed by atoms with van der Waals surface area (Å²) < 4.78 is 56.9. The van der Waals surface area contributed by atoms with Gasteiger partial charge in [0.1, 0.15) is 11.6 Å². The van der Waals surface area contributed by atoms with Crippen LogP contribution in [0.2, 0.25) is 0 Å². The standard InChI is InChI=1S/C32H25F4N5O2/c1-18(2)19-7-9-20(10-8-19)24-16-29(32(34,35)36)41-30(37-24)17-26(39-41)31(43)40-27(23-5-3-4-6-28(23)42)15-25(38-40)21-11-13-22(33)14-12-21/h3-14,16-18,27,42H,15H2,1-2H3. The second kappa shape index (κ2) is 10.6. The number of hydrogen-bond acceptors (Lipinski definition) is 5. The lowest BCUT2D eigenvalue weighted by Gasteiger charge is -2.21. The summed E-state index contributed by atoms with van der Waals surface area (Å²) in [6.45, 7) is 4.03. The first-order chi connectivity index (χ1) is 20.5. The van der Waals surface area contributed by atoms with Crippen molar-refractivity contribution >= 4 is 17.3 Å². The van der Waals surface area contributed by atoms with Crippen LogP contribution in [0.3, 0.4) is 0 Å². The Morgan fingerprint density at radius 1 is 0.953 bits per heavy atom. The molecule has 11 heteroatoms. The Hall–Kier alpha value is -5.06. The lowest BCUT2D eigenvalue weighted by Crippen LogP contribution is -2.27. The Morgan fingerprint density at radius 3 is 2.28 bits per heavy atom. The van der Waals surface area contributed by atoms with E-state index >= 15 is 0 Å². The molecule has 5 aromatic rings. The van der Waals surface area contributed by atoms with Crippen LogP contribution in [0.4, 0.5) is 17.6 Å². The van der Waals surface area contributed by atoms with E-state index in [1.807, 2.05) is 26.0 Å². The number of phenolic OH excluding ortho intramolecular Hbond substituents is 1. The van der Waals surface area contributed by atoms with Crippen molar-refractivity contribution in [1.29, 1.82) is 0 Å². The summed E-state index contributed by atoms with van der Waals surface area (Å²) >= 11 is 0. The third-order valence-corrected chi connectivity index (χ3v) is 7.40. The lowest BCUT2D eigenvalue weighted by atomic mass is 9.97. The third-order valence-electron chi connectivity index (χ3n) is 7.40. The van der Waals surface area contributed by atoms with E-state index in [0.29, 0.717) is 26.9 Å². The second-order valence-electron chi connectivity index (χ2n) is 10.6. The summed E-state index contributed by atoms with van der Waals surface area (Å²) in [5, 5.41) is 20.1. The highest BCUT2D eigenvalue weighted by Crippen LogP contribution is 2.38. The topological polar surface area (TPSA) is 83.1 Å². The maximum absolute atomic E-state index is 14.2. The molecule has 0 bridgehead atoms. The number of carbonyl (C=O) groups excluding carboxylic acids is 1. The van der Waals surface area contributed by atoms with Crippen LogP contribution in [0, 0.1) is 5.82 Å². The zero-order valence-corrected chi connectivity index (χ0v) is 23.0. The largest absolute Gasteiger partial charge is 0.508 e. The number of alkyl halides is 3. The highest BCUT2D eigenvalue weighted by atomic mass is 19.4. The highest BCUT2D eigenvalue weighted by Gasteiger charge is 2.38. The van der Waals surface area contributed by atoms with Gasteiger partial charge >= 0.3 is 6.18 Å². The maximum Gasteiger partial charge on any atom is 0.433 e. The van der Waals surface area contributed by atoms with Gasteiger partial charge in [-0.05, 0) is 41.3 Å². The minimum Gasteiger partial charge on any atom is -0.508 e. The van der Waals surface area contributed by atoms with Crippen LogP contribution in [0.25, 0.3) is 16.9 Å². The molecule has 0 radical (unpaired) electrons. The van der Waals surface area contributed by atoms with E-state index in [9.17, 15) is 27.5 Å². The Morgan fingerprint density at radius 2 is 1.63 bits per heavy atom. The predicted octanol–water partition coefficient (Wildman–Crippen LogP) is 7.37. The fourth-order valence-electron chi connectivity index (χ4n) is 5.11. The van der Waals surface area contributed by atoms with Gasteiger partial charge in [0.2, 0.25) is 0 Å². The normalized spacial score (nSPS) is 15.4. The molecule has 6 rings (SSSR count). The number of phenols is 1. The number of fused-ring (bicyclic) bond motifs is 1. The van der Waals surface area contributed by atoms with E-state index in [4.69, 9.17) is 0 Å². The molecule has 3 aromatic carbocycles. The molecule has 3 heterocycles. The quantitative estimate of drug-likeness (QED) is 0.218. The van der Waals surface area contributed by atoms with Gasteiger partial charge in [0.15, 0.2) is 17.0 Å². The van der Waals surface area contributed by atoms with Gasteiger partial charge in [-0.2, -0.15) is 23.4 Å². The molecular formula is C32H25F4N5O2. The molecule has 1 atom stereocenters. The maximum atomic E-state index is 14.2. The Balaban J connectivity index is 1.44. The fraction of sp³-hybridized carbons (Fsp3) is 0.188. The van der Waals surface area contributed by atoms with Gasteiger partial charge in [0.25, 0.3) is 5.91 Å². The van der Waals surface area contributed by atoms with E-state index in [-0.39, 0.29) is 35.1 Å². The average Bonchev–Trinajstić information content (AvgIpc) is 3.61. The van der Waals surface area contributed by atoms with E-state index in [0.717, 1.165) is 16.6 Å². The van der Waals surface area contributed by atoms with Crippen LogP contribution in [0.5, 0.6) is 5.75 Å². The van der Waals surface area contributed by atoms with Crippen LogP contribution in [0.1, 0.15) is 65.1 Å². The summed E-state index contributed by atoms with van der Waals surface area (Å²) in [4.78, 5) is 18.3. The van der Waals surface area contributed by atoms with Crippen molar-refractivity contribution in [3.05, 3.63) is 119 Å². The molecular weight excluding hydrogens is 562 g/mol. The number of aromatic nitrogens is 3. The van der Waals surface area contributed by atoms with Crippen LogP contribution in [-0.4, -0.2) is 36.3 Å². The molecule has 1 unspecified atom stereocenters. The summed E-state index contributed by atoms with van der Waals surface area (Å²) in [5.74, 6) is -1.06. The number of carbonyl (C=O) groups is 1. The van der Waals surface area contributed by atoms with Gasteiger partial charge < -0.3 is 5.11 Å². The number of amides is 1. The SMILES string of the molecule is CC(C)c1ccc(-c2cc(C(F)(F)F)n3nc(C(=O)N4N=C(c5ccc(F)cc5)CC4c4ccccc4O)cc3n2)cc1. The Kier molecular flexibility index (Phi) is 6.95. The fourth-order valence-corrected chi connectivity index (χ4v) is 5.11. The predicted molar refractivity (Wildman–Crippen MR) is 152 cm³/mol. The van der Waals surface area contributed by atoms with E-state index in [2.05, 4.69) is 15.2 Å². The summed E-state index contributed by atoms with van der Waals surface area (Å²) in [5.41, 5.74) is 1.42. The van der Waals surface area contributed by atoms with Crippen molar-refractivity contribution < 1.29 is 27.5 Å². The molecule has 1 aliphatic heterocycles. The summed E-state index contributed by atoms with van der Waals surface area (Å²) in [7, 11) is 0. The molecule has 7 nitrogen and oxygen atoms in total. The lowest BCUT2D eigenvalue weighted by molar-refractivity contribution is -0.142. The van der Waals surface area contributed by atoms with E-state index in [1.165, 1.54) is 36.4 Å². The van der Waals surface area contributed by atoms with Crippen LogP contribution < -0.4 is 0 Å². The number of para-hydroxylation sites is 1. The van der Waals surface area contributed by atoms with Gasteiger partial charge in [-0.1, -0.05) is 68.4 Å². The molecule has 43 heavy (non-hydrogen) atoms. The molecule has 0 spiro atoms. The molecule has 0 saturated carbocycles. The molecule has 1 aliphatic rings. The zero-order valence-electron chi connectivity index (χ0n) is 23.0. The van der Waals surface area contributed by atoms with Crippen molar-refractivity contribution in [2.75, 3.05) is 0 Å². The first kappa shape index (κ1) is 28.1.